The molecule has 0 amide bonds. The second-order valence-electron chi connectivity index (χ2n) is 6.61. The van der Waals surface area contributed by atoms with Crippen molar-refractivity contribution in [1.29, 1.82) is 0 Å². The van der Waals surface area contributed by atoms with Crippen LogP contribution in [0, 0.1) is 0 Å². The third-order valence-corrected chi connectivity index (χ3v) is 4.60. The van der Waals surface area contributed by atoms with Crippen LogP contribution in [-0.2, 0) is 4.74 Å². The second kappa shape index (κ2) is 12.4. The Morgan fingerprint density at radius 1 is 0.762 bits per heavy atom. The first-order valence-electron chi connectivity index (χ1n) is 9.23. The Morgan fingerprint density at radius 2 is 1.24 bits per heavy atom. The Kier molecular flexibility index (Phi) is 11.2. The molecule has 1 aliphatic rings. The van der Waals surface area contributed by atoms with Crippen molar-refractivity contribution in [2.75, 3.05) is 6.61 Å². The minimum Gasteiger partial charge on any atom is -0.388 e. The molecule has 0 saturated carbocycles. The number of ether oxygens (including phenoxy) is 1. The van der Waals surface area contributed by atoms with Gasteiger partial charge in [0, 0.05) is 0 Å². The van der Waals surface area contributed by atoms with Gasteiger partial charge in [-0.15, -0.1) is 0 Å². The predicted octanol–water partition coefficient (Wildman–Crippen LogP) is 4.20. The van der Waals surface area contributed by atoms with Crippen LogP contribution in [0.3, 0.4) is 0 Å². The first-order valence-corrected chi connectivity index (χ1v) is 9.23. The third-order valence-electron chi connectivity index (χ3n) is 4.60. The maximum atomic E-state index is 9.66. The molecule has 0 aliphatic carbocycles. The summed E-state index contributed by atoms with van der Waals surface area (Å²) in [4.78, 5) is 0. The number of hydrogen-bond acceptors (Lipinski definition) is 3. The van der Waals surface area contributed by atoms with E-state index in [1.54, 1.807) is 0 Å². The van der Waals surface area contributed by atoms with Gasteiger partial charge < -0.3 is 14.9 Å². The van der Waals surface area contributed by atoms with Gasteiger partial charge in [0.2, 0.25) is 0 Å². The van der Waals surface area contributed by atoms with E-state index in [2.05, 4.69) is 6.92 Å². The summed E-state index contributed by atoms with van der Waals surface area (Å²) < 4.78 is 5.38. The zero-order valence-electron chi connectivity index (χ0n) is 13.9. The van der Waals surface area contributed by atoms with E-state index in [0.717, 1.165) is 12.8 Å². The zero-order valence-corrected chi connectivity index (χ0v) is 13.9. The number of unbranched alkanes of at least 4 members (excludes halogenated alkanes) is 11. The summed E-state index contributed by atoms with van der Waals surface area (Å²) in [6, 6.07) is 0. The van der Waals surface area contributed by atoms with E-state index >= 15 is 0 Å². The van der Waals surface area contributed by atoms with Crippen molar-refractivity contribution in [2.24, 2.45) is 0 Å². The van der Waals surface area contributed by atoms with Gasteiger partial charge in [-0.3, -0.25) is 0 Å². The van der Waals surface area contributed by atoms with E-state index in [9.17, 15) is 10.2 Å². The standard InChI is InChI=1S/C18H36O3/c1-2-3-4-5-6-7-8-9-10-11-12-13-14-17-18(20)16(19)15-21-17/h16-20H,2-15H2,1H3/t16-,17-,18-/m1/s1. The zero-order chi connectivity index (χ0) is 15.3. The normalized spacial score (nSPS) is 25.6. The summed E-state index contributed by atoms with van der Waals surface area (Å²) in [7, 11) is 0. The van der Waals surface area contributed by atoms with Crippen LogP contribution in [0.1, 0.15) is 90.4 Å². The fourth-order valence-electron chi connectivity index (χ4n) is 3.11. The van der Waals surface area contributed by atoms with Crippen LogP contribution in [0.2, 0.25) is 0 Å². The van der Waals surface area contributed by atoms with Crippen LogP contribution in [-0.4, -0.2) is 35.1 Å². The van der Waals surface area contributed by atoms with Crippen molar-refractivity contribution in [3.05, 3.63) is 0 Å². The minimum atomic E-state index is -0.674. The molecule has 3 heteroatoms. The van der Waals surface area contributed by atoms with Crippen LogP contribution in [0.15, 0.2) is 0 Å². The number of rotatable bonds is 13. The molecule has 0 radical (unpaired) electrons. The highest BCUT2D eigenvalue weighted by Gasteiger charge is 2.33. The monoisotopic (exact) mass is 300 g/mol. The highest BCUT2D eigenvalue weighted by Crippen LogP contribution is 2.20. The smallest absolute Gasteiger partial charge is 0.108 e. The first kappa shape index (κ1) is 18.9. The molecule has 1 heterocycles. The van der Waals surface area contributed by atoms with E-state index in [1.165, 1.54) is 70.6 Å². The van der Waals surface area contributed by atoms with Crippen molar-refractivity contribution in [2.45, 2.75) is 109 Å². The van der Waals surface area contributed by atoms with Crippen molar-refractivity contribution < 1.29 is 14.9 Å². The summed E-state index contributed by atoms with van der Waals surface area (Å²) in [5.41, 5.74) is 0. The Labute approximate surface area is 131 Å². The van der Waals surface area contributed by atoms with E-state index in [4.69, 9.17) is 4.74 Å². The molecule has 3 atom stereocenters. The molecule has 0 aromatic heterocycles. The molecule has 1 saturated heterocycles. The molecular formula is C18H36O3. The lowest BCUT2D eigenvalue weighted by Crippen LogP contribution is -2.29. The highest BCUT2D eigenvalue weighted by atomic mass is 16.5. The maximum absolute atomic E-state index is 9.66. The summed E-state index contributed by atoms with van der Waals surface area (Å²) >= 11 is 0. The average molecular weight is 300 g/mol. The van der Waals surface area contributed by atoms with E-state index in [1.807, 2.05) is 0 Å². The van der Waals surface area contributed by atoms with Crippen molar-refractivity contribution in [3.8, 4) is 0 Å². The van der Waals surface area contributed by atoms with E-state index in [-0.39, 0.29) is 6.10 Å². The predicted molar refractivity (Wildman–Crippen MR) is 87.4 cm³/mol. The molecule has 21 heavy (non-hydrogen) atoms. The SMILES string of the molecule is CCCCCCCCCCCCCC[C@H]1OC[C@@H](O)[C@H]1O. The highest BCUT2D eigenvalue weighted by molar-refractivity contribution is 4.82. The molecule has 2 N–H and O–H groups in total. The lowest BCUT2D eigenvalue weighted by Gasteiger charge is -2.14. The summed E-state index contributed by atoms with van der Waals surface area (Å²) in [6.07, 6.45) is 15.5. The fraction of sp³-hybridized carbons (Fsp3) is 1.00. The Hall–Kier alpha value is -0.120. The van der Waals surface area contributed by atoms with Crippen molar-refractivity contribution in [1.82, 2.24) is 0 Å². The Balaban J connectivity index is 1.77. The van der Waals surface area contributed by atoms with Crippen LogP contribution in [0.4, 0.5) is 0 Å². The van der Waals surface area contributed by atoms with Gasteiger partial charge >= 0.3 is 0 Å². The van der Waals surface area contributed by atoms with Gasteiger partial charge in [0.05, 0.1) is 12.7 Å². The first-order chi connectivity index (χ1) is 10.3. The molecule has 1 fully saturated rings. The number of aliphatic hydroxyl groups is 2. The van der Waals surface area contributed by atoms with Gasteiger partial charge in [0.25, 0.3) is 0 Å². The van der Waals surface area contributed by atoms with E-state index < -0.39 is 12.2 Å². The Morgan fingerprint density at radius 3 is 1.67 bits per heavy atom. The molecule has 0 bridgehead atoms. The van der Waals surface area contributed by atoms with E-state index in [0.29, 0.717) is 6.61 Å². The molecule has 1 rings (SSSR count). The lowest BCUT2D eigenvalue weighted by molar-refractivity contribution is 0.0183. The van der Waals surface area contributed by atoms with Gasteiger partial charge in [0.1, 0.15) is 12.2 Å². The van der Waals surface area contributed by atoms with Crippen LogP contribution >= 0.6 is 0 Å². The average Bonchev–Trinajstić information content (AvgIpc) is 2.80. The van der Waals surface area contributed by atoms with Gasteiger partial charge in [-0.05, 0) is 6.42 Å². The van der Waals surface area contributed by atoms with Crippen LogP contribution < -0.4 is 0 Å². The lowest BCUT2D eigenvalue weighted by atomic mass is 10.0. The Bertz CT molecular complexity index is 233. The molecule has 1 aliphatic heterocycles. The third kappa shape index (κ3) is 8.80. The van der Waals surface area contributed by atoms with Gasteiger partial charge in [-0.25, -0.2) is 0 Å². The topological polar surface area (TPSA) is 49.7 Å². The minimum absolute atomic E-state index is 0.136. The molecular weight excluding hydrogens is 264 g/mol. The van der Waals surface area contributed by atoms with Crippen molar-refractivity contribution >= 4 is 0 Å². The fourth-order valence-corrected chi connectivity index (χ4v) is 3.11. The number of hydrogen-bond donors (Lipinski definition) is 2. The van der Waals surface area contributed by atoms with Gasteiger partial charge in [0.15, 0.2) is 0 Å². The second-order valence-corrected chi connectivity index (χ2v) is 6.61. The molecule has 0 aromatic rings. The van der Waals surface area contributed by atoms with Crippen LogP contribution in [0.5, 0.6) is 0 Å². The molecule has 3 nitrogen and oxygen atoms in total. The van der Waals surface area contributed by atoms with Gasteiger partial charge in [-0.2, -0.15) is 0 Å². The number of aliphatic hydroxyl groups excluding tert-OH is 2. The maximum Gasteiger partial charge on any atom is 0.108 e. The van der Waals surface area contributed by atoms with Gasteiger partial charge in [-0.1, -0.05) is 84.0 Å². The summed E-state index contributed by atoms with van der Waals surface area (Å²) in [5.74, 6) is 0. The molecule has 0 aromatic carbocycles. The quantitative estimate of drug-likeness (QED) is 0.501. The summed E-state index contributed by atoms with van der Waals surface area (Å²) in [6.45, 7) is 2.56. The molecule has 0 unspecified atom stereocenters. The molecule has 0 spiro atoms. The van der Waals surface area contributed by atoms with Crippen molar-refractivity contribution in [3.63, 3.8) is 0 Å². The summed E-state index contributed by atoms with van der Waals surface area (Å²) in [5, 5.41) is 19.0. The van der Waals surface area contributed by atoms with Crippen LogP contribution in [0.25, 0.3) is 0 Å². The largest absolute Gasteiger partial charge is 0.388 e. The molecule has 126 valence electrons.